The van der Waals surface area contributed by atoms with Gasteiger partial charge in [-0.15, -0.1) is 0 Å². The summed E-state index contributed by atoms with van der Waals surface area (Å²) >= 11 is 0. The molecule has 11 nitrogen and oxygen atoms in total. The van der Waals surface area contributed by atoms with E-state index in [0.29, 0.717) is 16.0 Å². The first-order valence-corrected chi connectivity index (χ1v) is 8.08. The lowest BCUT2D eigenvalue weighted by Crippen LogP contribution is -2.46. The van der Waals surface area contributed by atoms with Crippen LogP contribution in [0, 0.1) is 0 Å². The van der Waals surface area contributed by atoms with Crippen molar-refractivity contribution in [1.82, 2.24) is 15.5 Å². The largest absolute Gasteiger partial charge is 0.481 e. The van der Waals surface area contributed by atoms with Crippen molar-refractivity contribution in [2.45, 2.75) is 24.9 Å². The van der Waals surface area contributed by atoms with Gasteiger partial charge in [-0.1, -0.05) is 24.3 Å². The predicted molar refractivity (Wildman–Crippen MR) is 95.7 cm³/mol. The number of benzene rings is 1. The molecule has 2 atom stereocenters. The van der Waals surface area contributed by atoms with Gasteiger partial charge in [0.1, 0.15) is 18.1 Å². The Kier molecular flexibility index (Phi) is 6.08. The number of urea groups is 1. The van der Waals surface area contributed by atoms with Crippen molar-refractivity contribution in [3.05, 3.63) is 35.4 Å². The molecule has 147 valence electrons. The van der Waals surface area contributed by atoms with E-state index < -0.39 is 48.4 Å². The Balaban J connectivity index is 2.12. The Morgan fingerprint density at radius 1 is 1.39 bits per heavy atom. The number of imide groups is 1. The van der Waals surface area contributed by atoms with E-state index in [-0.39, 0.29) is 0 Å². The molecule has 11 heteroatoms. The highest BCUT2D eigenvalue weighted by atomic mass is 16.4. The smallest absolute Gasteiger partial charge is 0.325 e. The summed E-state index contributed by atoms with van der Waals surface area (Å²) in [5.74, 6) is 2.24. The molecule has 1 aliphatic heterocycles. The summed E-state index contributed by atoms with van der Waals surface area (Å²) in [6.07, 6.45) is 2.13. The number of hydrogen-bond acceptors (Lipinski definition) is 7. The maximum absolute atomic E-state index is 12.8. The molecule has 1 aromatic rings. The molecule has 0 aliphatic carbocycles. The third kappa shape index (κ3) is 4.31. The van der Waals surface area contributed by atoms with Crippen molar-refractivity contribution >= 4 is 36.3 Å². The van der Waals surface area contributed by atoms with Crippen LogP contribution in [0.2, 0.25) is 0 Å². The van der Waals surface area contributed by atoms with Gasteiger partial charge >= 0.3 is 12.0 Å². The molecule has 1 aromatic carbocycles. The second kappa shape index (κ2) is 8.29. The second-order valence-corrected chi connectivity index (χ2v) is 6.18. The van der Waals surface area contributed by atoms with Crippen molar-refractivity contribution in [2.24, 2.45) is 10.9 Å². The van der Waals surface area contributed by atoms with Gasteiger partial charge in [-0.25, -0.2) is 4.79 Å². The minimum atomic E-state index is -1.40. The molecule has 28 heavy (non-hydrogen) atoms. The fraction of sp³-hybridized carbons (Fsp3) is 0.294. The summed E-state index contributed by atoms with van der Waals surface area (Å²) in [5, 5.41) is 16.7. The summed E-state index contributed by atoms with van der Waals surface area (Å²) < 4.78 is 0. The number of hydrogen-bond donors (Lipinski definition) is 4. The summed E-state index contributed by atoms with van der Waals surface area (Å²) in [5.41, 5.74) is -0.224. The van der Waals surface area contributed by atoms with Crippen LogP contribution in [0.25, 0.3) is 0 Å². The number of carboxylic acid groups (broad SMARTS) is 1. The van der Waals surface area contributed by atoms with Gasteiger partial charge < -0.3 is 21.6 Å². The molecule has 0 saturated carbocycles. The fourth-order valence-corrected chi connectivity index (χ4v) is 2.71. The average molecular weight is 388 g/mol. The number of carbonyl (C=O) groups excluding carboxylic acids is 4. The van der Waals surface area contributed by atoms with E-state index in [1.165, 1.54) is 19.4 Å². The number of nitrogens with zero attached hydrogens (tertiary/aromatic N) is 2. The van der Waals surface area contributed by atoms with Crippen molar-refractivity contribution in [2.75, 3.05) is 6.54 Å². The van der Waals surface area contributed by atoms with E-state index in [0.717, 1.165) is 0 Å². The Morgan fingerprint density at radius 2 is 2.04 bits per heavy atom. The quantitative estimate of drug-likeness (QED) is 0.188. The van der Waals surface area contributed by atoms with E-state index >= 15 is 0 Å². The molecule has 1 aliphatic rings. The molecule has 0 unspecified atom stereocenters. The number of rotatable bonds is 8. The molecule has 4 amide bonds. The summed E-state index contributed by atoms with van der Waals surface area (Å²) in [7, 11) is 0. The third-order valence-corrected chi connectivity index (χ3v) is 4.14. The lowest BCUT2D eigenvalue weighted by atomic mass is 9.91. The fourth-order valence-electron chi connectivity index (χ4n) is 2.71. The molecule has 2 rings (SSSR count). The zero-order valence-corrected chi connectivity index (χ0v) is 14.8. The van der Waals surface area contributed by atoms with Gasteiger partial charge in [0.25, 0.3) is 5.91 Å². The molecule has 1 fully saturated rings. The van der Waals surface area contributed by atoms with Crippen molar-refractivity contribution in [1.29, 1.82) is 0 Å². The Labute approximate surface area is 159 Å². The first-order chi connectivity index (χ1) is 13.2. The highest BCUT2D eigenvalue weighted by molar-refractivity contribution is 6.09. The predicted octanol–water partition coefficient (Wildman–Crippen LogP) is -1.18. The number of carbonyl (C=O) groups is 4. The first kappa shape index (κ1) is 20.6. The van der Waals surface area contributed by atoms with Crippen molar-refractivity contribution < 1.29 is 29.1 Å². The topological polar surface area (TPSA) is 171 Å². The Bertz CT molecular complexity index is 837. The highest BCUT2D eigenvalue weighted by Gasteiger charge is 2.49. The van der Waals surface area contributed by atoms with E-state index in [2.05, 4.69) is 15.7 Å². The maximum atomic E-state index is 12.8. The maximum Gasteiger partial charge on any atom is 0.325 e. The minimum absolute atomic E-state index is 0.480. The molecule has 1 heterocycles. The average Bonchev–Trinajstić information content (AvgIpc) is 2.85. The van der Waals surface area contributed by atoms with Crippen LogP contribution in [-0.2, 0) is 24.7 Å². The molecular formula is C17H18N5O6. The van der Waals surface area contributed by atoms with Gasteiger partial charge in [0, 0.05) is 0 Å². The van der Waals surface area contributed by atoms with E-state index in [9.17, 15) is 24.0 Å². The van der Waals surface area contributed by atoms with Gasteiger partial charge in [-0.05, 0) is 18.1 Å². The van der Waals surface area contributed by atoms with Gasteiger partial charge in [-0.2, -0.15) is 5.10 Å². The zero-order valence-electron chi connectivity index (χ0n) is 14.8. The minimum Gasteiger partial charge on any atom is -0.481 e. The van der Waals surface area contributed by atoms with Crippen LogP contribution in [0.1, 0.15) is 24.5 Å². The van der Waals surface area contributed by atoms with E-state index in [1.54, 1.807) is 24.3 Å². The summed E-state index contributed by atoms with van der Waals surface area (Å²) in [6.45, 7) is 0.819. The third-order valence-electron chi connectivity index (χ3n) is 4.14. The number of nitrogens with two attached hydrogens (primary N) is 1. The van der Waals surface area contributed by atoms with Crippen LogP contribution in [0.15, 0.2) is 29.4 Å². The molecule has 1 saturated heterocycles. The van der Waals surface area contributed by atoms with Crippen LogP contribution in [0.5, 0.6) is 0 Å². The Hall–Kier alpha value is -3.76. The first-order valence-electron chi connectivity index (χ1n) is 8.08. The lowest BCUT2D eigenvalue weighted by Gasteiger charge is -2.22. The number of nitrogens with one attached hydrogen (secondary N) is 2. The van der Waals surface area contributed by atoms with Crippen molar-refractivity contribution in [3.63, 3.8) is 0 Å². The number of aliphatic carboxylic acids is 1. The molecule has 5 N–H and O–H groups in total. The van der Waals surface area contributed by atoms with Crippen LogP contribution in [0.3, 0.4) is 0 Å². The number of carboxylic acids is 1. The summed E-state index contributed by atoms with van der Waals surface area (Å²) in [6, 6.07) is 4.37. The van der Waals surface area contributed by atoms with Crippen LogP contribution < -0.4 is 16.5 Å². The normalized spacial score (nSPS) is 20.1. The SMILES string of the molecule is C[C@]1(c2ccc(C=NN)cc2)NC(=O)N(CC(=O)N[C@H]([C]=O)CC(=O)O)C1=O. The summed E-state index contributed by atoms with van der Waals surface area (Å²) in [4.78, 5) is 59.0. The van der Waals surface area contributed by atoms with Crippen LogP contribution >= 0.6 is 0 Å². The Morgan fingerprint density at radius 3 is 2.57 bits per heavy atom. The molecule has 0 bridgehead atoms. The molecule has 0 spiro atoms. The van der Waals surface area contributed by atoms with Gasteiger partial charge in [-0.3, -0.25) is 24.1 Å². The van der Waals surface area contributed by atoms with E-state index in [1.807, 2.05) is 0 Å². The lowest BCUT2D eigenvalue weighted by molar-refractivity contribution is -0.138. The van der Waals surface area contributed by atoms with Gasteiger partial charge in [0.15, 0.2) is 0 Å². The monoisotopic (exact) mass is 388 g/mol. The van der Waals surface area contributed by atoms with Crippen LogP contribution in [0.4, 0.5) is 4.79 Å². The highest BCUT2D eigenvalue weighted by Crippen LogP contribution is 2.28. The van der Waals surface area contributed by atoms with Crippen LogP contribution in [-0.4, -0.2) is 58.9 Å². The second-order valence-electron chi connectivity index (χ2n) is 6.18. The standard InChI is InChI=1S/C17H18N5O6/c1-17(11-4-2-10(3-5-11)7-19-18)15(27)22(16(28)21-17)8-13(24)20-12(9-23)6-14(25)26/h2-5,7,12H,6,8,18H2,1H3,(H,20,24)(H,21,28)(H,25,26)/t12-,17+/m0/s1. The van der Waals surface area contributed by atoms with Gasteiger partial charge in [0.05, 0.1) is 12.6 Å². The molecular weight excluding hydrogens is 370 g/mol. The number of amides is 4. The van der Waals surface area contributed by atoms with Gasteiger partial charge in [0.2, 0.25) is 12.2 Å². The zero-order chi connectivity index (χ0) is 20.9. The van der Waals surface area contributed by atoms with Crippen molar-refractivity contribution in [3.8, 4) is 0 Å². The molecule has 0 aromatic heterocycles. The molecule has 1 radical (unpaired) electrons. The number of hydrazone groups is 1. The van der Waals surface area contributed by atoms with E-state index in [4.69, 9.17) is 10.9 Å².